The van der Waals surface area contributed by atoms with E-state index in [0.29, 0.717) is 6.42 Å². The van der Waals surface area contributed by atoms with Crippen LogP contribution >= 0.6 is 0 Å². The van der Waals surface area contributed by atoms with E-state index in [2.05, 4.69) is 10.1 Å². The van der Waals surface area contributed by atoms with E-state index in [9.17, 15) is 9.59 Å². The number of carbonyl (C=O) groups excluding carboxylic acids is 2. The number of benzene rings is 1. The van der Waals surface area contributed by atoms with Crippen molar-refractivity contribution in [1.82, 2.24) is 5.32 Å². The molecule has 1 aliphatic rings. The van der Waals surface area contributed by atoms with Crippen molar-refractivity contribution in [2.24, 2.45) is 0 Å². The van der Waals surface area contributed by atoms with Crippen molar-refractivity contribution < 1.29 is 14.3 Å². The van der Waals surface area contributed by atoms with Crippen LogP contribution in [0.1, 0.15) is 31.4 Å². The summed E-state index contributed by atoms with van der Waals surface area (Å²) >= 11 is 0. The highest BCUT2D eigenvalue weighted by atomic mass is 16.5. The lowest BCUT2D eigenvalue weighted by Gasteiger charge is -2.18. The molecule has 1 aliphatic heterocycles. The second-order valence-electron chi connectivity index (χ2n) is 4.92. The zero-order chi connectivity index (χ0) is 14.5. The van der Waals surface area contributed by atoms with Gasteiger partial charge in [-0.15, -0.1) is 0 Å². The number of hydrogen-bond donors (Lipinski definition) is 1. The minimum absolute atomic E-state index is 0.0532. The van der Waals surface area contributed by atoms with Gasteiger partial charge in [0.2, 0.25) is 5.91 Å². The summed E-state index contributed by atoms with van der Waals surface area (Å²) in [6.45, 7) is 2.97. The molecule has 1 aromatic carbocycles. The van der Waals surface area contributed by atoms with Crippen LogP contribution < -0.4 is 10.2 Å². The highest BCUT2D eigenvalue weighted by Gasteiger charge is 2.21. The first-order valence-corrected chi connectivity index (χ1v) is 6.82. The smallest absolute Gasteiger partial charge is 0.319 e. The third-order valence-electron chi connectivity index (χ3n) is 3.56. The van der Waals surface area contributed by atoms with Gasteiger partial charge in [-0.05, 0) is 31.0 Å². The quantitative estimate of drug-likeness (QED) is 0.831. The van der Waals surface area contributed by atoms with Crippen LogP contribution in [-0.2, 0) is 14.3 Å². The Labute approximate surface area is 118 Å². The fourth-order valence-electron chi connectivity index (χ4n) is 2.29. The number of carbonyl (C=O) groups is 2. The van der Waals surface area contributed by atoms with E-state index in [1.807, 2.05) is 36.1 Å². The summed E-state index contributed by atoms with van der Waals surface area (Å²) in [6.07, 6.45) is 1.57. The molecule has 1 aromatic rings. The molecule has 2 rings (SSSR count). The molecule has 108 valence electrons. The van der Waals surface area contributed by atoms with E-state index in [0.717, 1.165) is 24.2 Å². The van der Waals surface area contributed by atoms with Crippen LogP contribution in [0.3, 0.4) is 0 Å². The third kappa shape index (κ3) is 3.36. The van der Waals surface area contributed by atoms with Gasteiger partial charge in [-0.3, -0.25) is 9.59 Å². The van der Waals surface area contributed by atoms with Crippen molar-refractivity contribution in [2.45, 2.75) is 25.8 Å². The van der Waals surface area contributed by atoms with Crippen LogP contribution in [0.25, 0.3) is 0 Å². The van der Waals surface area contributed by atoms with Gasteiger partial charge in [0.15, 0.2) is 0 Å². The van der Waals surface area contributed by atoms with Gasteiger partial charge < -0.3 is 15.0 Å². The molecule has 20 heavy (non-hydrogen) atoms. The summed E-state index contributed by atoms with van der Waals surface area (Å²) in [7, 11) is 1.37. The zero-order valence-corrected chi connectivity index (χ0v) is 11.9. The molecule has 0 bridgehead atoms. The van der Waals surface area contributed by atoms with Gasteiger partial charge in [-0.1, -0.05) is 12.1 Å². The summed E-state index contributed by atoms with van der Waals surface area (Å²) in [5, 5.41) is 3.09. The molecule has 1 saturated heterocycles. The summed E-state index contributed by atoms with van der Waals surface area (Å²) in [5.41, 5.74) is 2.01. The monoisotopic (exact) mass is 276 g/mol. The number of nitrogens with zero attached hydrogens (tertiary/aromatic N) is 1. The zero-order valence-electron chi connectivity index (χ0n) is 11.9. The van der Waals surface area contributed by atoms with E-state index in [-0.39, 0.29) is 24.5 Å². The van der Waals surface area contributed by atoms with E-state index >= 15 is 0 Å². The molecule has 1 atom stereocenters. The normalized spacial score (nSPS) is 16.3. The Hall–Kier alpha value is -1.88. The van der Waals surface area contributed by atoms with Gasteiger partial charge in [-0.2, -0.15) is 0 Å². The first kappa shape index (κ1) is 14.5. The number of anilines is 1. The highest BCUT2D eigenvalue weighted by Crippen LogP contribution is 2.23. The van der Waals surface area contributed by atoms with Gasteiger partial charge in [0.1, 0.15) is 0 Å². The highest BCUT2D eigenvalue weighted by molar-refractivity contribution is 5.95. The minimum atomic E-state index is -0.281. The van der Waals surface area contributed by atoms with Crippen LogP contribution in [0.2, 0.25) is 0 Å². The number of nitrogens with one attached hydrogen (secondary N) is 1. The number of methoxy groups -OCH3 is 1. The van der Waals surface area contributed by atoms with Gasteiger partial charge in [0, 0.05) is 24.7 Å². The minimum Gasteiger partial charge on any atom is -0.468 e. The summed E-state index contributed by atoms with van der Waals surface area (Å²) in [4.78, 5) is 24.6. The Balaban J connectivity index is 1.97. The molecular weight excluding hydrogens is 256 g/mol. The van der Waals surface area contributed by atoms with Crippen molar-refractivity contribution in [3.8, 4) is 0 Å². The van der Waals surface area contributed by atoms with Gasteiger partial charge in [-0.25, -0.2) is 0 Å². The molecule has 5 nitrogen and oxygen atoms in total. The Morgan fingerprint density at radius 3 is 2.65 bits per heavy atom. The Bertz CT molecular complexity index is 484. The van der Waals surface area contributed by atoms with Crippen molar-refractivity contribution >= 4 is 17.6 Å². The maximum atomic E-state index is 11.7. The topological polar surface area (TPSA) is 58.6 Å². The van der Waals surface area contributed by atoms with E-state index in [4.69, 9.17) is 0 Å². The third-order valence-corrected chi connectivity index (χ3v) is 3.56. The van der Waals surface area contributed by atoms with Crippen LogP contribution in [-0.4, -0.2) is 32.1 Å². The summed E-state index contributed by atoms with van der Waals surface area (Å²) in [6, 6.07) is 7.92. The maximum Gasteiger partial charge on any atom is 0.319 e. The Kier molecular flexibility index (Phi) is 4.74. The predicted molar refractivity (Wildman–Crippen MR) is 76.5 cm³/mol. The number of rotatable bonds is 5. The molecule has 1 heterocycles. The van der Waals surface area contributed by atoms with Gasteiger partial charge >= 0.3 is 5.97 Å². The molecule has 0 aromatic heterocycles. The van der Waals surface area contributed by atoms with Crippen molar-refractivity contribution in [2.75, 3.05) is 25.1 Å². The molecule has 1 fully saturated rings. The Morgan fingerprint density at radius 2 is 2.10 bits per heavy atom. The molecular formula is C15H20N2O3. The van der Waals surface area contributed by atoms with Gasteiger partial charge in [0.05, 0.1) is 13.7 Å². The lowest BCUT2D eigenvalue weighted by Crippen LogP contribution is -2.27. The lowest BCUT2D eigenvalue weighted by atomic mass is 10.1. The standard InChI is InChI=1S/C15H20N2O3/c1-11(16-10-15(19)20-2)12-5-7-13(8-6-12)17-9-3-4-14(17)18/h5-8,11,16H,3-4,9-10H2,1-2H3/t11-/m0/s1. The van der Waals surface area contributed by atoms with Crippen LogP contribution in [0, 0.1) is 0 Å². The number of esters is 1. The van der Waals surface area contributed by atoms with Crippen molar-refractivity contribution in [1.29, 1.82) is 0 Å². The predicted octanol–water partition coefficient (Wildman–Crippen LogP) is 1.64. The second-order valence-corrected chi connectivity index (χ2v) is 4.92. The molecule has 0 aliphatic carbocycles. The molecule has 0 unspecified atom stereocenters. The van der Waals surface area contributed by atoms with Crippen molar-refractivity contribution in [3.63, 3.8) is 0 Å². The molecule has 1 amide bonds. The SMILES string of the molecule is COC(=O)CN[C@@H](C)c1ccc(N2CCCC2=O)cc1. The second kappa shape index (κ2) is 6.52. The van der Waals surface area contributed by atoms with Crippen molar-refractivity contribution in [3.05, 3.63) is 29.8 Å². The fourth-order valence-corrected chi connectivity index (χ4v) is 2.29. The van der Waals surface area contributed by atoms with Crippen LogP contribution in [0.5, 0.6) is 0 Å². The first-order valence-electron chi connectivity index (χ1n) is 6.82. The van der Waals surface area contributed by atoms with E-state index < -0.39 is 0 Å². The van der Waals surface area contributed by atoms with E-state index in [1.54, 1.807) is 0 Å². The number of amides is 1. The first-order chi connectivity index (χ1) is 9.61. The average molecular weight is 276 g/mol. The van der Waals surface area contributed by atoms with Crippen LogP contribution in [0.15, 0.2) is 24.3 Å². The maximum absolute atomic E-state index is 11.7. The molecule has 0 saturated carbocycles. The lowest BCUT2D eigenvalue weighted by molar-refractivity contribution is -0.139. The number of ether oxygens (including phenoxy) is 1. The molecule has 1 N–H and O–H groups in total. The Morgan fingerprint density at radius 1 is 1.40 bits per heavy atom. The van der Waals surface area contributed by atoms with Crippen LogP contribution in [0.4, 0.5) is 5.69 Å². The molecule has 5 heteroatoms. The summed E-state index contributed by atoms with van der Waals surface area (Å²) in [5.74, 6) is -0.0919. The molecule has 0 radical (unpaired) electrons. The average Bonchev–Trinajstić information content (AvgIpc) is 2.90. The molecule has 0 spiro atoms. The largest absolute Gasteiger partial charge is 0.468 e. The van der Waals surface area contributed by atoms with E-state index in [1.165, 1.54) is 7.11 Å². The number of hydrogen-bond acceptors (Lipinski definition) is 4. The summed E-state index contributed by atoms with van der Waals surface area (Å²) < 4.78 is 4.59. The van der Waals surface area contributed by atoms with Gasteiger partial charge in [0.25, 0.3) is 0 Å². The fraction of sp³-hybridized carbons (Fsp3) is 0.467.